The molecular formula is C14H18ClN3O3. The van der Waals surface area contributed by atoms with E-state index in [2.05, 4.69) is 10.6 Å². The van der Waals surface area contributed by atoms with Crippen molar-refractivity contribution in [3.8, 4) is 0 Å². The number of halogens is 1. The number of nitrogens with one attached hydrogen (secondary N) is 2. The number of amides is 1. The second-order valence-electron chi connectivity index (χ2n) is 5.26. The van der Waals surface area contributed by atoms with Gasteiger partial charge in [0.05, 0.1) is 10.3 Å². The Hall–Kier alpha value is -1.66. The van der Waals surface area contributed by atoms with E-state index < -0.39 is 10.3 Å². The van der Waals surface area contributed by atoms with E-state index in [0.29, 0.717) is 11.4 Å². The van der Waals surface area contributed by atoms with Crippen LogP contribution >= 0.6 is 11.6 Å². The minimum atomic E-state index is -0.521. The largest absolute Gasteiger partial charge is 0.320 e. The van der Waals surface area contributed by atoms with Gasteiger partial charge in [-0.1, -0.05) is 18.5 Å². The van der Waals surface area contributed by atoms with Crippen LogP contribution < -0.4 is 10.6 Å². The molecule has 21 heavy (non-hydrogen) atoms. The van der Waals surface area contributed by atoms with Gasteiger partial charge in [0.25, 0.3) is 5.69 Å². The zero-order chi connectivity index (χ0) is 15.5. The van der Waals surface area contributed by atoms with Crippen LogP contribution in [0.15, 0.2) is 18.2 Å². The van der Waals surface area contributed by atoms with Crippen molar-refractivity contribution in [1.82, 2.24) is 5.32 Å². The van der Waals surface area contributed by atoms with Gasteiger partial charge in [0.2, 0.25) is 5.91 Å². The fourth-order valence-electron chi connectivity index (χ4n) is 2.67. The molecule has 2 N–H and O–H groups in total. The zero-order valence-corrected chi connectivity index (χ0v) is 12.6. The summed E-state index contributed by atoms with van der Waals surface area (Å²) in [7, 11) is 0. The summed E-state index contributed by atoms with van der Waals surface area (Å²) in [5.41, 5.74) is -0.460. The predicted octanol–water partition coefficient (Wildman–Crippen LogP) is 2.97. The maximum atomic E-state index is 12.6. The van der Waals surface area contributed by atoms with Crippen LogP contribution in [-0.4, -0.2) is 23.9 Å². The van der Waals surface area contributed by atoms with Crippen LogP contribution in [-0.2, 0) is 4.79 Å². The van der Waals surface area contributed by atoms with E-state index in [9.17, 15) is 14.9 Å². The molecule has 2 rings (SSSR count). The lowest BCUT2D eigenvalue weighted by atomic mass is 9.76. The number of nitrogens with zero attached hydrogens (tertiary/aromatic N) is 1. The normalized spacial score (nSPS) is 17.2. The van der Waals surface area contributed by atoms with E-state index in [0.717, 1.165) is 25.9 Å². The lowest BCUT2D eigenvalue weighted by Gasteiger charge is -2.35. The van der Waals surface area contributed by atoms with Gasteiger partial charge >= 0.3 is 0 Å². The van der Waals surface area contributed by atoms with Gasteiger partial charge in [-0.15, -0.1) is 0 Å². The van der Waals surface area contributed by atoms with Gasteiger partial charge in [-0.25, -0.2) is 0 Å². The lowest BCUT2D eigenvalue weighted by molar-refractivity contribution is -0.383. The molecule has 1 saturated heterocycles. The standard InChI is InChI=1S/C14H18ClN3O3/c1-2-14(5-7-16-8-6-14)13(19)17-11-9-10(15)3-4-12(11)18(20)21/h3-4,9,16H,2,5-8H2,1H3,(H,17,19). The maximum Gasteiger partial charge on any atom is 0.292 e. The number of benzene rings is 1. The Morgan fingerprint density at radius 2 is 2.14 bits per heavy atom. The first-order valence-electron chi connectivity index (χ1n) is 6.94. The van der Waals surface area contributed by atoms with Crippen LogP contribution in [0, 0.1) is 15.5 Å². The molecule has 0 unspecified atom stereocenters. The summed E-state index contributed by atoms with van der Waals surface area (Å²) < 4.78 is 0. The van der Waals surface area contributed by atoms with Crippen LogP contribution in [0.4, 0.5) is 11.4 Å². The molecule has 1 aliphatic rings. The number of carbonyl (C=O) groups is 1. The van der Waals surface area contributed by atoms with E-state index in [1.54, 1.807) is 0 Å². The third kappa shape index (κ3) is 3.33. The van der Waals surface area contributed by atoms with Crippen molar-refractivity contribution in [1.29, 1.82) is 0 Å². The summed E-state index contributed by atoms with van der Waals surface area (Å²) in [5, 5.41) is 17.3. The molecular weight excluding hydrogens is 294 g/mol. The SMILES string of the molecule is CCC1(C(=O)Nc2cc(Cl)ccc2[N+](=O)[O-])CCNCC1. The van der Waals surface area contributed by atoms with E-state index in [4.69, 9.17) is 11.6 Å². The van der Waals surface area contributed by atoms with Gasteiger partial charge in [-0.05, 0) is 44.5 Å². The molecule has 114 valence electrons. The maximum absolute atomic E-state index is 12.6. The highest BCUT2D eigenvalue weighted by atomic mass is 35.5. The van der Waals surface area contributed by atoms with E-state index in [1.165, 1.54) is 18.2 Å². The number of hydrogen-bond acceptors (Lipinski definition) is 4. The monoisotopic (exact) mass is 311 g/mol. The Balaban J connectivity index is 2.26. The molecule has 1 aromatic rings. The van der Waals surface area contributed by atoms with Gasteiger partial charge < -0.3 is 10.6 Å². The molecule has 1 amide bonds. The van der Waals surface area contributed by atoms with Crippen molar-refractivity contribution in [2.24, 2.45) is 5.41 Å². The Kier molecular flexibility index (Phi) is 4.80. The molecule has 0 saturated carbocycles. The van der Waals surface area contributed by atoms with Gasteiger partial charge in [0.15, 0.2) is 0 Å². The summed E-state index contributed by atoms with van der Waals surface area (Å²) in [6.45, 7) is 3.52. The van der Waals surface area contributed by atoms with E-state index >= 15 is 0 Å². The molecule has 6 nitrogen and oxygen atoms in total. The van der Waals surface area contributed by atoms with Crippen LogP contribution in [0.1, 0.15) is 26.2 Å². The van der Waals surface area contributed by atoms with Gasteiger partial charge in [-0.3, -0.25) is 14.9 Å². The zero-order valence-electron chi connectivity index (χ0n) is 11.8. The molecule has 1 fully saturated rings. The van der Waals surface area contributed by atoms with Crippen molar-refractivity contribution in [2.45, 2.75) is 26.2 Å². The first-order chi connectivity index (χ1) is 9.98. The molecule has 0 aromatic heterocycles. The quantitative estimate of drug-likeness (QED) is 0.661. The van der Waals surface area contributed by atoms with Crippen molar-refractivity contribution in [2.75, 3.05) is 18.4 Å². The first kappa shape index (κ1) is 15.7. The minimum absolute atomic E-state index is 0.145. The van der Waals surface area contributed by atoms with Crippen LogP contribution in [0.2, 0.25) is 5.02 Å². The average Bonchev–Trinajstić information content (AvgIpc) is 2.47. The highest BCUT2D eigenvalue weighted by Gasteiger charge is 2.38. The summed E-state index contributed by atoms with van der Waals surface area (Å²) in [6, 6.07) is 4.16. The van der Waals surface area contributed by atoms with Gasteiger partial charge in [0.1, 0.15) is 5.69 Å². The highest BCUT2D eigenvalue weighted by Crippen LogP contribution is 2.36. The van der Waals surface area contributed by atoms with Crippen molar-refractivity contribution in [3.05, 3.63) is 33.3 Å². The summed E-state index contributed by atoms with van der Waals surface area (Å²) in [6.07, 6.45) is 2.16. The number of nitro groups is 1. The third-order valence-corrected chi connectivity index (χ3v) is 4.36. The number of hydrogen-bond donors (Lipinski definition) is 2. The van der Waals surface area contributed by atoms with E-state index in [1.807, 2.05) is 6.92 Å². The van der Waals surface area contributed by atoms with Crippen LogP contribution in [0.5, 0.6) is 0 Å². The number of carbonyl (C=O) groups excluding carboxylic acids is 1. The van der Waals surface area contributed by atoms with Crippen molar-refractivity contribution in [3.63, 3.8) is 0 Å². The summed E-state index contributed by atoms with van der Waals surface area (Å²) >= 11 is 5.88. The molecule has 0 aliphatic carbocycles. The van der Waals surface area contributed by atoms with Crippen LogP contribution in [0.3, 0.4) is 0 Å². The fraction of sp³-hybridized carbons (Fsp3) is 0.500. The van der Waals surface area contributed by atoms with Crippen molar-refractivity contribution < 1.29 is 9.72 Å². The van der Waals surface area contributed by atoms with Crippen molar-refractivity contribution >= 4 is 28.9 Å². The minimum Gasteiger partial charge on any atom is -0.320 e. The van der Waals surface area contributed by atoms with E-state index in [-0.39, 0.29) is 17.3 Å². The van der Waals surface area contributed by atoms with Gasteiger partial charge in [0, 0.05) is 11.1 Å². The predicted molar refractivity (Wildman–Crippen MR) is 81.6 cm³/mol. The smallest absolute Gasteiger partial charge is 0.292 e. The lowest BCUT2D eigenvalue weighted by Crippen LogP contribution is -2.44. The summed E-state index contributed by atoms with van der Waals surface area (Å²) in [5.74, 6) is -0.170. The number of nitro benzene ring substituents is 1. The Labute approximate surface area is 128 Å². The molecule has 0 radical (unpaired) electrons. The second kappa shape index (κ2) is 6.41. The van der Waals surface area contributed by atoms with Gasteiger partial charge in [-0.2, -0.15) is 0 Å². The number of anilines is 1. The summed E-state index contributed by atoms with van der Waals surface area (Å²) in [4.78, 5) is 23.1. The Morgan fingerprint density at radius 3 is 2.71 bits per heavy atom. The number of piperidine rings is 1. The topological polar surface area (TPSA) is 84.3 Å². The molecule has 0 bridgehead atoms. The molecule has 1 heterocycles. The molecule has 1 aromatic carbocycles. The first-order valence-corrected chi connectivity index (χ1v) is 7.32. The average molecular weight is 312 g/mol. The molecule has 0 atom stereocenters. The number of rotatable bonds is 4. The fourth-order valence-corrected chi connectivity index (χ4v) is 2.84. The second-order valence-corrected chi connectivity index (χ2v) is 5.69. The Bertz CT molecular complexity index is 556. The Morgan fingerprint density at radius 1 is 1.48 bits per heavy atom. The molecule has 1 aliphatic heterocycles. The highest BCUT2D eigenvalue weighted by molar-refractivity contribution is 6.31. The molecule has 0 spiro atoms. The molecule has 7 heteroatoms. The van der Waals surface area contributed by atoms with Crippen LogP contribution in [0.25, 0.3) is 0 Å². The third-order valence-electron chi connectivity index (χ3n) is 4.12.